The van der Waals surface area contributed by atoms with Gasteiger partial charge in [0.2, 0.25) is 5.13 Å². The van der Waals surface area contributed by atoms with Gasteiger partial charge in [0.05, 0.1) is 12.9 Å². The zero-order valence-electron chi connectivity index (χ0n) is 14.4. The van der Waals surface area contributed by atoms with E-state index in [1.165, 1.54) is 48.6 Å². The SMILES string of the molecule is COC(=O)CSc1nnc(NC(=O)c2ccc(CN3CCCC3)cc2)s1. The number of hydrogen-bond acceptors (Lipinski definition) is 8. The van der Waals surface area contributed by atoms with Crippen LogP contribution in [0, 0.1) is 0 Å². The van der Waals surface area contributed by atoms with Crippen molar-refractivity contribution in [2.24, 2.45) is 0 Å². The number of ether oxygens (including phenoxy) is 1. The summed E-state index contributed by atoms with van der Waals surface area (Å²) in [6.45, 7) is 3.23. The molecule has 0 atom stereocenters. The van der Waals surface area contributed by atoms with E-state index < -0.39 is 0 Å². The molecule has 0 radical (unpaired) electrons. The van der Waals surface area contributed by atoms with Crippen LogP contribution in [0.4, 0.5) is 5.13 Å². The number of methoxy groups -OCH3 is 1. The van der Waals surface area contributed by atoms with Gasteiger partial charge in [0.15, 0.2) is 4.34 Å². The summed E-state index contributed by atoms with van der Waals surface area (Å²) in [5.41, 5.74) is 1.79. The summed E-state index contributed by atoms with van der Waals surface area (Å²) in [5.74, 6) is -0.388. The lowest BCUT2D eigenvalue weighted by atomic mass is 10.1. The molecule has 0 aliphatic carbocycles. The average molecular weight is 393 g/mol. The number of anilines is 1. The summed E-state index contributed by atoms with van der Waals surface area (Å²) in [5, 5.41) is 11.0. The molecule has 7 nitrogen and oxygen atoms in total. The molecule has 138 valence electrons. The van der Waals surface area contributed by atoms with Crippen LogP contribution in [0.1, 0.15) is 28.8 Å². The third-order valence-electron chi connectivity index (χ3n) is 3.99. The Hall–Kier alpha value is -1.97. The molecule has 9 heteroatoms. The molecule has 0 saturated carbocycles. The van der Waals surface area contributed by atoms with E-state index in [0.29, 0.717) is 15.0 Å². The highest BCUT2D eigenvalue weighted by Gasteiger charge is 2.14. The third kappa shape index (κ3) is 5.26. The number of nitrogens with one attached hydrogen (secondary N) is 1. The second-order valence-electron chi connectivity index (χ2n) is 5.87. The summed E-state index contributed by atoms with van der Waals surface area (Å²) in [6, 6.07) is 7.64. The van der Waals surface area contributed by atoms with E-state index in [1.807, 2.05) is 24.3 Å². The Morgan fingerprint density at radius 2 is 1.96 bits per heavy atom. The molecule has 26 heavy (non-hydrogen) atoms. The highest BCUT2D eigenvalue weighted by molar-refractivity contribution is 8.01. The molecule has 1 amide bonds. The molecule has 1 saturated heterocycles. The molecule has 3 rings (SSSR count). The topological polar surface area (TPSA) is 84.4 Å². The summed E-state index contributed by atoms with van der Waals surface area (Å²) >= 11 is 2.46. The summed E-state index contributed by atoms with van der Waals surface area (Å²) < 4.78 is 5.18. The molecule has 1 aliphatic heterocycles. The minimum atomic E-state index is -0.329. The Morgan fingerprint density at radius 3 is 2.65 bits per heavy atom. The van der Waals surface area contributed by atoms with E-state index in [0.717, 1.165) is 19.6 Å². The van der Waals surface area contributed by atoms with E-state index in [2.05, 4.69) is 25.2 Å². The van der Waals surface area contributed by atoms with Crippen LogP contribution >= 0.6 is 23.1 Å². The fraction of sp³-hybridized carbons (Fsp3) is 0.412. The normalized spacial score (nSPS) is 14.3. The molecule has 0 unspecified atom stereocenters. The second kappa shape index (κ2) is 9.11. The maximum atomic E-state index is 12.3. The van der Waals surface area contributed by atoms with Crippen LogP contribution in [0.5, 0.6) is 0 Å². The fourth-order valence-electron chi connectivity index (χ4n) is 2.63. The number of esters is 1. The first-order valence-electron chi connectivity index (χ1n) is 8.30. The van der Waals surface area contributed by atoms with Gasteiger partial charge >= 0.3 is 5.97 Å². The van der Waals surface area contributed by atoms with Gasteiger partial charge in [-0.2, -0.15) is 0 Å². The number of rotatable bonds is 7. The summed E-state index contributed by atoms with van der Waals surface area (Å²) in [7, 11) is 1.34. The number of amides is 1. The van der Waals surface area contributed by atoms with E-state index in [4.69, 9.17) is 0 Å². The van der Waals surface area contributed by atoms with Crippen molar-refractivity contribution in [3.63, 3.8) is 0 Å². The molecule has 1 aromatic carbocycles. The number of thioether (sulfide) groups is 1. The summed E-state index contributed by atoms with van der Waals surface area (Å²) in [6.07, 6.45) is 2.53. The van der Waals surface area contributed by atoms with Crippen molar-refractivity contribution in [2.45, 2.75) is 23.7 Å². The molecular formula is C17H20N4O3S2. The molecule has 1 N–H and O–H groups in total. The minimum Gasteiger partial charge on any atom is -0.468 e. The highest BCUT2D eigenvalue weighted by atomic mass is 32.2. The first-order valence-corrected chi connectivity index (χ1v) is 10.1. The number of hydrogen-bond donors (Lipinski definition) is 1. The average Bonchev–Trinajstić information content (AvgIpc) is 3.32. The van der Waals surface area contributed by atoms with Crippen LogP contribution in [0.15, 0.2) is 28.6 Å². The number of aromatic nitrogens is 2. The largest absolute Gasteiger partial charge is 0.468 e. The number of likely N-dealkylation sites (tertiary alicyclic amines) is 1. The predicted octanol–water partition coefficient (Wildman–Crippen LogP) is 2.65. The van der Waals surface area contributed by atoms with Gasteiger partial charge in [0, 0.05) is 12.1 Å². The van der Waals surface area contributed by atoms with E-state index in [1.54, 1.807) is 0 Å². The van der Waals surface area contributed by atoms with Gasteiger partial charge in [-0.05, 0) is 43.6 Å². The Labute approximate surface area is 160 Å². The Morgan fingerprint density at radius 1 is 1.23 bits per heavy atom. The quantitative estimate of drug-likeness (QED) is 0.440. The molecular weight excluding hydrogens is 372 g/mol. The first-order chi connectivity index (χ1) is 12.6. The lowest BCUT2D eigenvalue weighted by Gasteiger charge is -2.14. The van der Waals surface area contributed by atoms with Crippen LogP contribution < -0.4 is 5.32 Å². The zero-order chi connectivity index (χ0) is 18.4. The molecule has 2 aromatic rings. The molecule has 2 heterocycles. The highest BCUT2D eigenvalue weighted by Crippen LogP contribution is 2.25. The lowest BCUT2D eigenvalue weighted by molar-refractivity contribution is -0.137. The van der Waals surface area contributed by atoms with E-state index in [9.17, 15) is 9.59 Å². The van der Waals surface area contributed by atoms with Gasteiger partial charge in [-0.25, -0.2) is 0 Å². The number of benzene rings is 1. The van der Waals surface area contributed by atoms with Gasteiger partial charge in [-0.1, -0.05) is 35.2 Å². The van der Waals surface area contributed by atoms with Crippen LogP contribution in [-0.2, 0) is 16.1 Å². The predicted molar refractivity (Wildman–Crippen MR) is 102 cm³/mol. The molecule has 0 bridgehead atoms. The molecule has 1 aromatic heterocycles. The van der Waals surface area contributed by atoms with Gasteiger partial charge < -0.3 is 4.74 Å². The van der Waals surface area contributed by atoms with Crippen molar-refractivity contribution >= 4 is 40.1 Å². The maximum absolute atomic E-state index is 12.3. The number of carbonyl (C=O) groups excluding carboxylic acids is 2. The maximum Gasteiger partial charge on any atom is 0.316 e. The Kier molecular flexibility index (Phi) is 6.59. The first kappa shape index (κ1) is 18.8. The smallest absolute Gasteiger partial charge is 0.316 e. The third-order valence-corrected chi connectivity index (χ3v) is 5.93. The van der Waals surface area contributed by atoms with Crippen molar-refractivity contribution in [2.75, 3.05) is 31.3 Å². The molecule has 1 aliphatic rings. The minimum absolute atomic E-state index is 0.164. The van der Waals surface area contributed by atoms with Crippen LogP contribution in [0.3, 0.4) is 0 Å². The van der Waals surface area contributed by atoms with Gasteiger partial charge in [0.1, 0.15) is 0 Å². The van der Waals surface area contributed by atoms with Crippen molar-refractivity contribution in [3.8, 4) is 0 Å². The van der Waals surface area contributed by atoms with Crippen LogP contribution in [0.2, 0.25) is 0 Å². The van der Waals surface area contributed by atoms with Crippen molar-refractivity contribution in [3.05, 3.63) is 35.4 Å². The van der Waals surface area contributed by atoms with Crippen LogP contribution in [0.25, 0.3) is 0 Å². The van der Waals surface area contributed by atoms with Crippen molar-refractivity contribution < 1.29 is 14.3 Å². The Balaban J connectivity index is 1.52. The van der Waals surface area contributed by atoms with Gasteiger partial charge in [-0.15, -0.1) is 10.2 Å². The standard InChI is InChI=1S/C17H20N4O3S2/c1-24-14(22)11-25-17-20-19-16(26-17)18-15(23)13-6-4-12(5-7-13)10-21-8-2-3-9-21/h4-7H,2-3,8-11H2,1H3,(H,18,19,23). The Bertz CT molecular complexity index is 758. The lowest BCUT2D eigenvalue weighted by Crippen LogP contribution is -2.18. The van der Waals surface area contributed by atoms with E-state index >= 15 is 0 Å². The molecule has 0 spiro atoms. The van der Waals surface area contributed by atoms with Gasteiger partial charge in [-0.3, -0.25) is 19.8 Å². The van der Waals surface area contributed by atoms with E-state index in [-0.39, 0.29) is 17.6 Å². The fourth-order valence-corrected chi connectivity index (χ4v) is 4.21. The summed E-state index contributed by atoms with van der Waals surface area (Å²) in [4.78, 5) is 25.9. The van der Waals surface area contributed by atoms with Crippen LogP contribution in [-0.4, -0.2) is 52.9 Å². The van der Waals surface area contributed by atoms with Gasteiger partial charge in [0.25, 0.3) is 5.91 Å². The zero-order valence-corrected chi connectivity index (χ0v) is 16.1. The van der Waals surface area contributed by atoms with Crippen molar-refractivity contribution in [1.82, 2.24) is 15.1 Å². The molecule has 1 fully saturated rings. The van der Waals surface area contributed by atoms with Crippen molar-refractivity contribution in [1.29, 1.82) is 0 Å². The number of carbonyl (C=O) groups is 2. The number of nitrogens with zero attached hydrogens (tertiary/aromatic N) is 3. The second-order valence-corrected chi connectivity index (χ2v) is 8.07. The monoisotopic (exact) mass is 392 g/mol.